The van der Waals surface area contributed by atoms with Crippen molar-refractivity contribution < 1.29 is 19.2 Å². The molecule has 0 N–H and O–H groups in total. The summed E-state index contributed by atoms with van der Waals surface area (Å²) in [4.78, 5) is 39.4. The summed E-state index contributed by atoms with van der Waals surface area (Å²) in [6.07, 6.45) is 0.189. The first-order valence-corrected chi connectivity index (χ1v) is 6.41. The van der Waals surface area contributed by atoms with E-state index in [1.165, 1.54) is 0 Å². The number of rotatable bonds is 2. The highest BCUT2D eigenvalue weighted by Gasteiger charge is 2.33. The Hall–Kier alpha value is -1.44. The van der Waals surface area contributed by atoms with Gasteiger partial charge < -0.3 is 4.84 Å². The minimum atomic E-state index is -0.686. The first kappa shape index (κ1) is 13.0. The predicted molar refractivity (Wildman–Crippen MR) is 70.4 cm³/mol. The molecule has 0 saturated carbocycles. The number of hydroxylamine groups is 2. The van der Waals surface area contributed by atoms with Gasteiger partial charge in [0.05, 0.1) is 5.56 Å². The maximum absolute atomic E-state index is 11.9. The molecule has 1 aromatic carbocycles. The molecular formula is C12H10INO4. The predicted octanol–water partition coefficient (Wildman–Crippen LogP) is 1.82. The van der Waals surface area contributed by atoms with Crippen LogP contribution < -0.4 is 0 Å². The van der Waals surface area contributed by atoms with Crippen LogP contribution in [0.4, 0.5) is 0 Å². The fraction of sp³-hybridized carbons (Fsp3) is 0.250. The van der Waals surface area contributed by atoms with Gasteiger partial charge in [-0.05, 0) is 47.2 Å². The topological polar surface area (TPSA) is 63.7 Å². The summed E-state index contributed by atoms with van der Waals surface area (Å²) in [6.45, 7) is 1.76. The Labute approximate surface area is 117 Å². The molecule has 1 fully saturated rings. The summed E-state index contributed by atoms with van der Waals surface area (Å²) in [5, 5.41) is 0.557. The van der Waals surface area contributed by atoms with Gasteiger partial charge in [-0.2, -0.15) is 0 Å². The average molecular weight is 359 g/mol. The molecule has 0 aromatic heterocycles. The molecule has 0 unspecified atom stereocenters. The quantitative estimate of drug-likeness (QED) is 0.597. The molecule has 0 aliphatic carbocycles. The molecule has 1 aliphatic rings. The van der Waals surface area contributed by atoms with E-state index in [2.05, 4.69) is 22.6 Å². The molecule has 1 heterocycles. The van der Waals surface area contributed by atoms with Crippen molar-refractivity contribution in [2.75, 3.05) is 0 Å². The number of nitrogens with zero attached hydrogens (tertiary/aromatic N) is 1. The number of hydrogen-bond acceptors (Lipinski definition) is 4. The normalized spacial score (nSPS) is 15.1. The Balaban J connectivity index is 2.19. The van der Waals surface area contributed by atoms with Crippen LogP contribution in [0.1, 0.15) is 28.8 Å². The number of carbonyl (C=O) groups excluding carboxylic acids is 3. The van der Waals surface area contributed by atoms with Gasteiger partial charge in [0.25, 0.3) is 11.8 Å². The third-order valence-corrected chi connectivity index (χ3v) is 3.27. The average Bonchev–Trinajstić information content (AvgIpc) is 2.64. The lowest BCUT2D eigenvalue weighted by atomic mass is 10.1. The Kier molecular flexibility index (Phi) is 3.65. The SMILES string of the molecule is Cc1ccc(I)cc1C(=O)ON1C(=O)CCC1=O. The van der Waals surface area contributed by atoms with Crippen molar-refractivity contribution in [3.8, 4) is 0 Å². The van der Waals surface area contributed by atoms with Crippen LogP contribution in [0.15, 0.2) is 18.2 Å². The summed E-state index contributed by atoms with van der Waals surface area (Å²) in [5.74, 6) is -1.64. The van der Waals surface area contributed by atoms with Crippen molar-refractivity contribution in [2.24, 2.45) is 0 Å². The number of amides is 2. The fourth-order valence-electron chi connectivity index (χ4n) is 1.60. The van der Waals surface area contributed by atoms with E-state index in [4.69, 9.17) is 4.84 Å². The van der Waals surface area contributed by atoms with E-state index < -0.39 is 17.8 Å². The fourth-order valence-corrected chi connectivity index (χ4v) is 2.10. The van der Waals surface area contributed by atoms with Crippen molar-refractivity contribution in [1.29, 1.82) is 0 Å². The van der Waals surface area contributed by atoms with E-state index >= 15 is 0 Å². The summed E-state index contributed by atoms with van der Waals surface area (Å²) in [7, 11) is 0. The van der Waals surface area contributed by atoms with Crippen LogP contribution in [0.25, 0.3) is 0 Å². The first-order valence-electron chi connectivity index (χ1n) is 5.33. The highest BCUT2D eigenvalue weighted by molar-refractivity contribution is 14.1. The van der Waals surface area contributed by atoms with E-state index in [0.717, 1.165) is 9.13 Å². The number of aryl methyl sites for hydroxylation is 1. The van der Waals surface area contributed by atoms with Crippen molar-refractivity contribution >= 4 is 40.4 Å². The number of benzene rings is 1. The smallest absolute Gasteiger partial charge is 0.325 e. The summed E-state index contributed by atoms with van der Waals surface area (Å²) in [6, 6.07) is 5.30. The Bertz CT molecular complexity index is 525. The Morgan fingerprint density at radius 2 is 1.89 bits per heavy atom. The highest BCUT2D eigenvalue weighted by Crippen LogP contribution is 2.17. The lowest BCUT2D eigenvalue weighted by Crippen LogP contribution is -2.32. The number of carbonyl (C=O) groups is 3. The van der Waals surface area contributed by atoms with Crippen molar-refractivity contribution in [1.82, 2.24) is 5.06 Å². The molecule has 0 bridgehead atoms. The zero-order chi connectivity index (χ0) is 13.3. The van der Waals surface area contributed by atoms with Crippen LogP contribution in [-0.4, -0.2) is 22.8 Å². The van der Waals surface area contributed by atoms with Gasteiger partial charge in [0, 0.05) is 16.4 Å². The Morgan fingerprint density at radius 1 is 1.28 bits per heavy atom. The van der Waals surface area contributed by atoms with Gasteiger partial charge in [-0.25, -0.2) is 4.79 Å². The minimum Gasteiger partial charge on any atom is -0.325 e. The number of halogens is 1. The molecule has 5 nitrogen and oxygen atoms in total. The second-order valence-electron chi connectivity index (χ2n) is 3.92. The summed E-state index contributed by atoms with van der Waals surface area (Å²) in [5.41, 5.74) is 1.09. The van der Waals surface area contributed by atoms with Crippen LogP contribution >= 0.6 is 22.6 Å². The zero-order valence-electron chi connectivity index (χ0n) is 9.60. The molecule has 0 atom stereocenters. The van der Waals surface area contributed by atoms with Crippen LogP contribution in [0.5, 0.6) is 0 Å². The van der Waals surface area contributed by atoms with Crippen molar-refractivity contribution in [3.63, 3.8) is 0 Å². The zero-order valence-corrected chi connectivity index (χ0v) is 11.8. The molecule has 6 heteroatoms. The van der Waals surface area contributed by atoms with Gasteiger partial charge in [-0.3, -0.25) is 9.59 Å². The third-order valence-electron chi connectivity index (χ3n) is 2.60. The van der Waals surface area contributed by atoms with E-state index in [1.807, 2.05) is 6.07 Å². The van der Waals surface area contributed by atoms with Crippen LogP contribution in [-0.2, 0) is 14.4 Å². The van der Waals surface area contributed by atoms with E-state index in [9.17, 15) is 14.4 Å². The second-order valence-corrected chi connectivity index (χ2v) is 5.17. The largest absolute Gasteiger partial charge is 0.364 e. The van der Waals surface area contributed by atoms with Gasteiger partial charge in [0.15, 0.2) is 0 Å². The lowest BCUT2D eigenvalue weighted by molar-refractivity contribution is -0.172. The third kappa shape index (κ3) is 2.53. The molecule has 0 spiro atoms. The second kappa shape index (κ2) is 5.05. The molecule has 1 saturated heterocycles. The molecule has 0 radical (unpaired) electrons. The van der Waals surface area contributed by atoms with Crippen LogP contribution in [0.3, 0.4) is 0 Å². The maximum atomic E-state index is 11.9. The lowest BCUT2D eigenvalue weighted by Gasteiger charge is -2.13. The van der Waals surface area contributed by atoms with Crippen LogP contribution in [0, 0.1) is 10.5 Å². The molecule has 94 valence electrons. The van der Waals surface area contributed by atoms with Gasteiger partial charge >= 0.3 is 5.97 Å². The number of hydrogen-bond donors (Lipinski definition) is 0. The highest BCUT2D eigenvalue weighted by atomic mass is 127. The molecule has 2 rings (SSSR count). The molecule has 2 amide bonds. The summed E-state index contributed by atoms with van der Waals surface area (Å²) >= 11 is 2.07. The van der Waals surface area contributed by atoms with Gasteiger partial charge in [-0.15, -0.1) is 5.06 Å². The van der Waals surface area contributed by atoms with Crippen molar-refractivity contribution in [3.05, 3.63) is 32.9 Å². The minimum absolute atomic E-state index is 0.0947. The summed E-state index contributed by atoms with van der Waals surface area (Å²) < 4.78 is 0.879. The molecule has 1 aromatic rings. The molecular weight excluding hydrogens is 349 g/mol. The molecule has 1 aliphatic heterocycles. The standard InChI is InChI=1S/C12H10INO4/c1-7-2-3-8(13)6-9(7)12(17)18-14-10(15)4-5-11(14)16/h2-3,6H,4-5H2,1H3. The van der Waals surface area contributed by atoms with E-state index in [-0.39, 0.29) is 12.8 Å². The van der Waals surface area contributed by atoms with Crippen LogP contribution in [0.2, 0.25) is 0 Å². The maximum Gasteiger partial charge on any atom is 0.364 e. The van der Waals surface area contributed by atoms with Gasteiger partial charge in [0.2, 0.25) is 0 Å². The molecule has 18 heavy (non-hydrogen) atoms. The van der Waals surface area contributed by atoms with Gasteiger partial charge in [0.1, 0.15) is 0 Å². The van der Waals surface area contributed by atoms with Crippen molar-refractivity contribution in [2.45, 2.75) is 19.8 Å². The Morgan fingerprint density at radius 3 is 2.50 bits per heavy atom. The number of imide groups is 1. The monoisotopic (exact) mass is 359 g/mol. The first-order chi connectivity index (χ1) is 8.49. The van der Waals surface area contributed by atoms with Gasteiger partial charge in [-0.1, -0.05) is 6.07 Å². The van der Waals surface area contributed by atoms with E-state index in [0.29, 0.717) is 10.6 Å². The van der Waals surface area contributed by atoms with E-state index in [1.54, 1.807) is 19.1 Å².